The van der Waals surface area contributed by atoms with Crippen molar-refractivity contribution in [1.29, 1.82) is 0 Å². The molecule has 1 aromatic rings. The average Bonchev–Trinajstić information content (AvgIpc) is 2.17. The minimum absolute atomic E-state index is 0.664. The number of nitrogen functional groups attached to an aromatic ring is 1. The number of ether oxygens (including phenoxy) is 1. The van der Waals surface area contributed by atoms with E-state index >= 15 is 0 Å². The van der Waals surface area contributed by atoms with Gasteiger partial charge in [0.05, 0.1) is 6.61 Å². The van der Waals surface area contributed by atoms with E-state index in [2.05, 4.69) is 18.0 Å². The van der Waals surface area contributed by atoms with Gasteiger partial charge < -0.3 is 15.4 Å². The lowest BCUT2D eigenvalue weighted by atomic mass is 9.94. The van der Waals surface area contributed by atoms with Crippen LogP contribution >= 0.6 is 0 Å². The van der Waals surface area contributed by atoms with Crippen molar-refractivity contribution < 1.29 is 4.74 Å². The highest BCUT2D eigenvalue weighted by Crippen LogP contribution is 2.25. The highest BCUT2D eigenvalue weighted by molar-refractivity contribution is 5.50. The number of methoxy groups -OCH3 is 1. The summed E-state index contributed by atoms with van der Waals surface area (Å²) in [6.07, 6.45) is 1.10. The molecule has 0 fully saturated rings. The van der Waals surface area contributed by atoms with E-state index in [-0.39, 0.29) is 0 Å². The zero-order valence-corrected chi connectivity index (χ0v) is 9.42. The van der Waals surface area contributed by atoms with Crippen LogP contribution in [0.3, 0.4) is 0 Å². The molecule has 0 saturated carbocycles. The zero-order valence-electron chi connectivity index (χ0n) is 9.42. The van der Waals surface area contributed by atoms with Crippen molar-refractivity contribution in [2.24, 2.45) is 0 Å². The van der Waals surface area contributed by atoms with E-state index in [0.29, 0.717) is 6.61 Å². The summed E-state index contributed by atoms with van der Waals surface area (Å²) in [5.74, 6) is 0. The Morgan fingerprint density at radius 2 is 2.27 bits per heavy atom. The third-order valence-electron chi connectivity index (χ3n) is 2.94. The van der Waals surface area contributed by atoms with Crippen LogP contribution in [0, 0.1) is 0 Å². The predicted octanol–water partition coefficient (Wildman–Crippen LogP) is 1.40. The Morgan fingerprint density at radius 1 is 1.47 bits per heavy atom. The minimum Gasteiger partial charge on any atom is -0.399 e. The Labute approximate surface area is 90.8 Å². The highest BCUT2D eigenvalue weighted by Gasteiger charge is 2.16. The van der Waals surface area contributed by atoms with Gasteiger partial charge in [-0.2, -0.15) is 0 Å². The van der Waals surface area contributed by atoms with Crippen molar-refractivity contribution in [1.82, 2.24) is 4.90 Å². The third kappa shape index (κ3) is 2.13. The summed E-state index contributed by atoms with van der Waals surface area (Å²) in [5.41, 5.74) is 10.8. The molecule has 3 nitrogen and oxygen atoms in total. The molecule has 1 heterocycles. The van der Waals surface area contributed by atoms with Crippen LogP contribution in [0.5, 0.6) is 0 Å². The van der Waals surface area contributed by atoms with E-state index in [4.69, 9.17) is 10.5 Å². The van der Waals surface area contributed by atoms with Crippen LogP contribution in [0.25, 0.3) is 0 Å². The maximum atomic E-state index is 5.88. The maximum absolute atomic E-state index is 5.88. The third-order valence-corrected chi connectivity index (χ3v) is 2.94. The largest absolute Gasteiger partial charge is 0.399 e. The molecule has 3 heteroatoms. The quantitative estimate of drug-likeness (QED) is 0.743. The molecule has 1 aliphatic rings. The molecular formula is C12H18N2O. The zero-order chi connectivity index (χ0) is 10.8. The van der Waals surface area contributed by atoms with Crippen molar-refractivity contribution in [3.63, 3.8) is 0 Å². The normalized spacial score (nSPS) is 16.4. The summed E-state index contributed by atoms with van der Waals surface area (Å²) in [4.78, 5) is 2.32. The molecule has 0 unspecified atom stereocenters. The van der Waals surface area contributed by atoms with Gasteiger partial charge in [-0.3, -0.25) is 0 Å². The van der Waals surface area contributed by atoms with E-state index in [9.17, 15) is 0 Å². The lowest BCUT2D eigenvalue weighted by molar-refractivity contribution is 0.183. The van der Waals surface area contributed by atoms with E-state index in [1.165, 1.54) is 16.7 Å². The number of hydrogen-bond donors (Lipinski definition) is 1. The van der Waals surface area contributed by atoms with Gasteiger partial charge in [-0.15, -0.1) is 0 Å². The van der Waals surface area contributed by atoms with Gasteiger partial charge in [-0.05, 0) is 42.3 Å². The molecule has 15 heavy (non-hydrogen) atoms. The first-order valence-corrected chi connectivity index (χ1v) is 5.28. The second kappa shape index (κ2) is 4.21. The number of anilines is 1. The number of likely N-dealkylation sites (N-methyl/N-ethyl adjacent to an activating group) is 1. The fourth-order valence-electron chi connectivity index (χ4n) is 2.24. The van der Waals surface area contributed by atoms with Crippen molar-refractivity contribution >= 4 is 5.69 Å². The SMILES string of the molecule is COCc1cc(N)cc2c1CCN(C)C2. The smallest absolute Gasteiger partial charge is 0.0716 e. The van der Waals surface area contributed by atoms with Crippen LogP contribution in [-0.2, 0) is 24.3 Å². The lowest BCUT2D eigenvalue weighted by Gasteiger charge is -2.27. The van der Waals surface area contributed by atoms with E-state index in [0.717, 1.165) is 25.2 Å². The van der Waals surface area contributed by atoms with Gasteiger partial charge in [-0.1, -0.05) is 0 Å². The first-order valence-electron chi connectivity index (χ1n) is 5.28. The standard InChI is InChI=1S/C12H18N2O/c1-14-4-3-12-9(7-14)5-11(13)6-10(12)8-15-2/h5-6H,3-4,7-8,13H2,1-2H3. The fourth-order valence-corrected chi connectivity index (χ4v) is 2.24. The first-order chi connectivity index (χ1) is 7.20. The van der Waals surface area contributed by atoms with Crippen LogP contribution in [0.4, 0.5) is 5.69 Å². The Morgan fingerprint density at radius 3 is 3.00 bits per heavy atom. The Bertz CT molecular complexity index is 346. The second-order valence-electron chi connectivity index (χ2n) is 4.24. The predicted molar refractivity (Wildman–Crippen MR) is 61.6 cm³/mol. The minimum atomic E-state index is 0.664. The number of nitrogens with two attached hydrogens (primary N) is 1. The Balaban J connectivity index is 2.39. The molecule has 82 valence electrons. The molecule has 2 N–H and O–H groups in total. The van der Waals surface area contributed by atoms with Gasteiger partial charge in [0.1, 0.15) is 0 Å². The summed E-state index contributed by atoms with van der Waals surface area (Å²) >= 11 is 0. The second-order valence-corrected chi connectivity index (χ2v) is 4.24. The molecule has 0 saturated heterocycles. The Hall–Kier alpha value is -1.06. The number of fused-ring (bicyclic) bond motifs is 1. The van der Waals surface area contributed by atoms with E-state index < -0.39 is 0 Å². The van der Waals surface area contributed by atoms with Crippen molar-refractivity contribution in [2.45, 2.75) is 19.6 Å². The molecule has 0 bridgehead atoms. The van der Waals surface area contributed by atoms with E-state index in [1.807, 2.05) is 6.07 Å². The topological polar surface area (TPSA) is 38.5 Å². The molecule has 0 amide bonds. The van der Waals surface area contributed by atoms with Crippen LogP contribution in [-0.4, -0.2) is 25.6 Å². The van der Waals surface area contributed by atoms with Gasteiger partial charge in [0.2, 0.25) is 0 Å². The van der Waals surface area contributed by atoms with Gasteiger partial charge in [-0.25, -0.2) is 0 Å². The van der Waals surface area contributed by atoms with Crippen molar-refractivity contribution in [3.05, 3.63) is 28.8 Å². The summed E-state index contributed by atoms with van der Waals surface area (Å²) in [6.45, 7) is 2.78. The fraction of sp³-hybridized carbons (Fsp3) is 0.500. The van der Waals surface area contributed by atoms with Crippen molar-refractivity contribution in [3.8, 4) is 0 Å². The monoisotopic (exact) mass is 206 g/mol. The highest BCUT2D eigenvalue weighted by atomic mass is 16.5. The lowest BCUT2D eigenvalue weighted by Crippen LogP contribution is -2.27. The Kier molecular flexibility index (Phi) is 2.93. The maximum Gasteiger partial charge on any atom is 0.0716 e. The summed E-state index contributed by atoms with van der Waals surface area (Å²) in [7, 11) is 3.87. The molecule has 0 atom stereocenters. The van der Waals surface area contributed by atoms with Crippen LogP contribution < -0.4 is 5.73 Å². The van der Waals surface area contributed by atoms with Crippen LogP contribution in [0.2, 0.25) is 0 Å². The molecular weight excluding hydrogens is 188 g/mol. The number of nitrogens with zero attached hydrogens (tertiary/aromatic N) is 1. The molecule has 2 rings (SSSR count). The number of hydrogen-bond acceptors (Lipinski definition) is 3. The van der Waals surface area contributed by atoms with E-state index in [1.54, 1.807) is 7.11 Å². The van der Waals surface area contributed by atoms with Gasteiger partial charge in [0.25, 0.3) is 0 Å². The number of benzene rings is 1. The molecule has 0 aliphatic carbocycles. The number of rotatable bonds is 2. The molecule has 0 radical (unpaired) electrons. The molecule has 1 aromatic carbocycles. The molecule has 1 aliphatic heterocycles. The summed E-state index contributed by atoms with van der Waals surface area (Å²) in [6, 6.07) is 4.12. The first kappa shape index (κ1) is 10.5. The van der Waals surface area contributed by atoms with Gasteiger partial charge in [0.15, 0.2) is 0 Å². The molecule has 0 spiro atoms. The van der Waals surface area contributed by atoms with Crippen LogP contribution in [0.15, 0.2) is 12.1 Å². The summed E-state index contributed by atoms with van der Waals surface area (Å²) < 4.78 is 5.21. The van der Waals surface area contributed by atoms with Gasteiger partial charge >= 0.3 is 0 Å². The summed E-state index contributed by atoms with van der Waals surface area (Å²) in [5, 5.41) is 0. The average molecular weight is 206 g/mol. The van der Waals surface area contributed by atoms with Crippen LogP contribution in [0.1, 0.15) is 16.7 Å². The molecule has 0 aromatic heterocycles. The van der Waals surface area contributed by atoms with Gasteiger partial charge in [0, 0.05) is 25.9 Å². The van der Waals surface area contributed by atoms with Crippen molar-refractivity contribution in [2.75, 3.05) is 26.4 Å².